The number of likely N-dealkylation sites (N-methyl/N-ethyl adjacent to an activating group) is 1. The van der Waals surface area contributed by atoms with Crippen LogP contribution in [-0.2, 0) is 0 Å². The summed E-state index contributed by atoms with van der Waals surface area (Å²) < 4.78 is 0. The van der Waals surface area contributed by atoms with Crippen LogP contribution in [-0.4, -0.2) is 49.1 Å². The number of piperazine rings is 1. The van der Waals surface area contributed by atoms with Crippen molar-refractivity contribution in [3.8, 4) is 0 Å². The zero-order chi connectivity index (χ0) is 8.55. The van der Waals surface area contributed by atoms with Gasteiger partial charge in [0.15, 0.2) is 0 Å². The van der Waals surface area contributed by atoms with Crippen molar-refractivity contribution in [1.82, 2.24) is 9.80 Å². The van der Waals surface area contributed by atoms with Crippen molar-refractivity contribution in [2.24, 2.45) is 5.92 Å². The van der Waals surface area contributed by atoms with Gasteiger partial charge in [-0.2, -0.15) is 0 Å². The van der Waals surface area contributed by atoms with Gasteiger partial charge < -0.3 is 4.90 Å². The van der Waals surface area contributed by atoms with Crippen molar-refractivity contribution in [2.75, 3.05) is 33.2 Å². The van der Waals surface area contributed by atoms with Gasteiger partial charge in [0, 0.05) is 32.2 Å². The van der Waals surface area contributed by atoms with Crippen LogP contribution in [0.3, 0.4) is 0 Å². The summed E-state index contributed by atoms with van der Waals surface area (Å²) in [5.74, 6) is 0.935. The van der Waals surface area contributed by atoms with Gasteiger partial charge in [-0.05, 0) is 25.8 Å². The molecule has 70 valence electrons. The van der Waals surface area contributed by atoms with Crippen molar-refractivity contribution in [2.45, 2.75) is 25.8 Å². The molecule has 0 aromatic rings. The molecule has 0 amide bonds. The van der Waals surface area contributed by atoms with Crippen LogP contribution in [0.15, 0.2) is 0 Å². The molecule has 2 aliphatic heterocycles. The topological polar surface area (TPSA) is 6.48 Å². The number of hydrogen-bond acceptors (Lipinski definition) is 2. The van der Waals surface area contributed by atoms with Gasteiger partial charge in [0.1, 0.15) is 0 Å². The van der Waals surface area contributed by atoms with Crippen molar-refractivity contribution >= 4 is 0 Å². The highest BCUT2D eigenvalue weighted by molar-refractivity contribution is 4.85. The molecule has 2 rings (SSSR count). The third-order valence-electron chi connectivity index (χ3n) is 3.35. The Morgan fingerprint density at radius 1 is 1.08 bits per heavy atom. The van der Waals surface area contributed by atoms with E-state index in [1.54, 1.807) is 0 Å². The van der Waals surface area contributed by atoms with E-state index in [1.165, 1.54) is 39.0 Å². The van der Waals surface area contributed by atoms with E-state index in [4.69, 9.17) is 0 Å². The van der Waals surface area contributed by atoms with Crippen molar-refractivity contribution in [1.29, 1.82) is 0 Å². The molecule has 0 aromatic carbocycles. The average Bonchev–Trinajstić information content (AvgIpc) is 2.05. The molecule has 2 atom stereocenters. The lowest BCUT2D eigenvalue weighted by Gasteiger charge is -2.44. The standard InChI is InChI=1S/C10H20N2/c1-9-3-4-10-8-11(2)5-6-12(10)7-9/h9-10H,3-8H2,1-2H3/t9-,10-/m0/s1. The van der Waals surface area contributed by atoms with Crippen LogP contribution in [0.4, 0.5) is 0 Å². The van der Waals surface area contributed by atoms with E-state index >= 15 is 0 Å². The molecule has 2 nitrogen and oxygen atoms in total. The van der Waals surface area contributed by atoms with Gasteiger partial charge in [0.05, 0.1) is 0 Å². The van der Waals surface area contributed by atoms with E-state index in [-0.39, 0.29) is 0 Å². The van der Waals surface area contributed by atoms with E-state index in [0.29, 0.717) is 0 Å². The highest BCUT2D eigenvalue weighted by Crippen LogP contribution is 2.23. The molecule has 0 saturated carbocycles. The van der Waals surface area contributed by atoms with Crippen LogP contribution >= 0.6 is 0 Å². The molecule has 0 bridgehead atoms. The Bertz CT molecular complexity index is 140. The molecule has 0 radical (unpaired) electrons. The molecule has 0 aliphatic carbocycles. The molecule has 2 heteroatoms. The Kier molecular flexibility index (Phi) is 2.37. The Labute approximate surface area is 75.5 Å². The molecule has 0 N–H and O–H groups in total. The maximum atomic E-state index is 2.69. The Hall–Kier alpha value is -0.0800. The van der Waals surface area contributed by atoms with Crippen LogP contribution in [0.1, 0.15) is 19.8 Å². The van der Waals surface area contributed by atoms with Crippen molar-refractivity contribution < 1.29 is 0 Å². The Balaban J connectivity index is 1.94. The normalized spacial score (nSPS) is 39.5. The second-order valence-corrected chi connectivity index (χ2v) is 4.59. The van der Waals surface area contributed by atoms with Gasteiger partial charge in [-0.3, -0.25) is 4.90 Å². The fraction of sp³-hybridized carbons (Fsp3) is 1.00. The molecular formula is C10H20N2. The number of piperidine rings is 1. The van der Waals surface area contributed by atoms with E-state index in [9.17, 15) is 0 Å². The van der Waals surface area contributed by atoms with Crippen molar-refractivity contribution in [3.63, 3.8) is 0 Å². The lowest BCUT2D eigenvalue weighted by atomic mass is 9.93. The molecule has 0 spiro atoms. The third kappa shape index (κ3) is 1.64. The summed E-state index contributed by atoms with van der Waals surface area (Å²) >= 11 is 0. The Morgan fingerprint density at radius 3 is 2.75 bits per heavy atom. The molecule has 12 heavy (non-hydrogen) atoms. The molecule has 2 heterocycles. The minimum atomic E-state index is 0.875. The monoisotopic (exact) mass is 168 g/mol. The van der Waals surface area contributed by atoms with Gasteiger partial charge in [0.25, 0.3) is 0 Å². The molecule has 2 fully saturated rings. The van der Waals surface area contributed by atoms with E-state index in [1.807, 2.05) is 0 Å². The Morgan fingerprint density at radius 2 is 1.92 bits per heavy atom. The number of hydrogen-bond donors (Lipinski definition) is 0. The molecule has 2 aliphatic rings. The van der Waals surface area contributed by atoms with E-state index < -0.39 is 0 Å². The molecule has 0 unspecified atom stereocenters. The van der Waals surface area contributed by atoms with Crippen molar-refractivity contribution in [3.05, 3.63) is 0 Å². The number of nitrogens with zero attached hydrogens (tertiary/aromatic N) is 2. The minimum absolute atomic E-state index is 0.875. The summed E-state index contributed by atoms with van der Waals surface area (Å²) in [6.45, 7) is 7.59. The second-order valence-electron chi connectivity index (χ2n) is 4.59. The fourth-order valence-electron chi connectivity index (χ4n) is 2.53. The highest BCUT2D eigenvalue weighted by atomic mass is 15.3. The third-order valence-corrected chi connectivity index (χ3v) is 3.35. The smallest absolute Gasteiger partial charge is 0.0223 e. The largest absolute Gasteiger partial charge is 0.304 e. The summed E-state index contributed by atoms with van der Waals surface area (Å²) in [6, 6.07) is 0.875. The van der Waals surface area contributed by atoms with Gasteiger partial charge in [-0.1, -0.05) is 6.92 Å². The summed E-state index contributed by atoms with van der Waals surface area (Å²) in [7, 11) is 2.25. The highest BCUT2D eigenvalue weighted by Gasteiger charge is 2.29. The summed E-state index contributed by atoms with van der Waals surface area (Å²) in [6.07, 6.45) is 2.86. The zero-order valence-corrected chi connectivity index (χ0v) is 8.29. The molecule has 2 saturated heterocycles. The van der Waals surface area contributed by atoms with Gasteiger partial charge in [0.2, 0.25) is 0 Å². The predicted octanol–water partition coefficient (Wildman–Crippen LogP) is 1.03. The van der Waals surface area contributed by atoms with E-state index in [0.717, 1.165) is 12.0 Å². The van der Waals surface area contributed by atoms with Crippen LogP contribution in [0, 0.1) is 5.92 Å². The maximum absolute atomic E-state index is 2.69. The van der Waals surface area contributed by atoms with Crippen LogP contribution < -0.4 is 0 Å². The lowest BCUT2D eigenvalue weighted by Crippen LogP contribution is -2.55. The molecule has 0 aromatic heterocycles. The number of fused-ring (bicyclic) bond motifs is 1. The second kappa shape index (κ2) is 3.35. The first-order valence-corrected chi connectivity index (χ1v) is 5.18. The quantitative estimate of drug-likeness (QED) is 0.533. The zero-order valence-electron chi connectivity index (χ0n) is 8.29. The lowest BCUT2D eigenvalue weighted by molar-refractivity contribution is 0.0424. The summed E-state index contributed by atoms with van der Waals surface area (Å²) in [5, 5.41) is 0. The van der Waals surface area contributed by atoms with Gasteiger partial charge in [-0.15, -0.1) is 0 Å². The fourth-order valence-corrected chi connectivity index (χ4v) is 2.53. The summed E-state index contributed by atoms with van der Waals surface area (Å²) in [5.41, 5.74) is 0. The first-order chi connectivity index (χ1) is 5.75. The van der Waals surface area contributed by atoms with Crippen LogP contribution in [0.5, 0.6) is 0 Å². The van der Waals surface area contributed by atoms with Gasteiger partial charge >= 0.3 is 0 Å². The molecular weight excluding hydrogens is 148 g/mol. The minimum Gasteiger partial charge on any atom is -0.304 e. The summed E-state index contributed by atoms with van der Waals surface area (Å²) in [4.78, 5) is 5.16. The average molecular weight is 168 g/mol. The number of rotatable bonds is 0. The SMILES string of the molecule is C[C@H]1CC[C@H]2CN(C)CCN2C1. The van der Waals surface area contributed by atoms with Crippen LogP contribution in [0.25, 0.3) is 0 Å². The van der Waals surface area contributed by atoms with E-state index in [2.05, 4.69) is 23.8 Å². The van der Waals surface area contributed by atoms with Gasteiger partial charge in [-0.25, -0.2) is 0 Å². The van der Waals surface area contributed by atoms with Crippen LogP contribution in [0.2, 0.25) is 0 Å². The first-order valence-electron chi connectivity index (χ1n) is 5.18. The first kappa shape index (κ1) is 8.52. The predicted molar refractivity (Wildman–Crippen MR) is 51.3 cm³/mol. The maximum Gasteiger partial charge on any atom is 0.0223 e.